The standard InChI is InChI=1S/C9H12NO.ClH/c1-8-3-5-10(6-4-8)7-9(2)11;/h3-6H,7H2,1-2H3;1H/q+1;/p-1. The largest absolute Gasteiger partial charge is 1.00 e. The van der Waals surface area contributed by atoms with Crippen LogP contribution in [0.4, 0.5) is 0 Å². The van der Waals surface area contributed by atoms with Crippen LogP contribution >= 0.6 is 0 Å². The number of ketones is 1. The third-order valence-corrected chi connectivity index (χ3v) is 1.46. The van der Waals surface area contributed by atoms with Crippen LogP contribution in [0.3, 0.4) is 0 Å². The van der Waals surface area contributed by atoms with Crippen molar-refractivity contribution in [1.29, 1.82) is 0 Å². The van der Waals surface area contributed by atoms with Gasteiger partial charge in [-0.25, -0.2) is 0 Å². The fourth-order valence-electron chi connectivity index (χ4n) is 0.894. The van der Waals surface area contributed by atoms with E-state index in [9.17, 15) is 4.79 Å². The Labute approximate surface area is 78.6 Å². The molecule has 1 aromatic heterocycles. The molecule has 0 saturated heterocycles. The molecule has 0 bridgehead atoms. The zero-order valence-electron chi connectivity index (χ0n) is 7.25. The van der Waals surface area contributed by atoms with Gasteiger partial charge >= 0.3 is 0 Å². The van der Waals surface area contributed by atoms with Gasteiger partial charge in [0, 0.05) is 19.1 Å². The fourth-order valence-corrected chi connectivity index (χ4v) is 0.894. The van der Waals surface area contributed by atoms with E-state index in [1.807, 2.05) is 36.0 Å². The molecule has 0 aliphatic heterocycles. The van der Waals surface area contributed by atoms with E-state index in [2.05, 4.69) is 0 Å². The summed E-state index contributed by atoms with van der Waals surface area (Å²) in [4.78, 5) is 10.7. The second kappa shape index (κ2) is 4.88. The van der Waals surface area contributed by atoms with Crippen LogP contribution in [0.2, 0.25) is 0 Å². The van der Waals surface area contributed by atoms with Crippen molar-refractivity contribution in [2.24, 2.45) is 0 Å². The number of hydrogen-bond acceptors (Lipinski definition) is 1. The van der Waals surface area contributed by atoms with Crippen molar-refractivity contribution >= 4 is 5.78 Å². The molecule has 66 valence electrons. The van der Waals surface area contributed by atoms with Crippen LogP contribution in [0.1, 0.15) is 12.5 Å². The molecule has 0 aliphatic rings. The average molecular weight is 186 g/mol. The lowest BCUT2D eigenvalue weighted by molar-refractivity contribution is -0.684. The molecule has 1 rings (SSSR count). The van der Waals surface area contributed by atoms with E-state index in [0.717, 1.165) is 0 Å². The highest BCUT2D eigenvalue weighted by Gasteiger charge is 2.01. The van der Waals surface area contributed by atoms with Gasteiger partial charge in [0.15, 0.2) is 18.2 Å². The van der Waals surface area contributed by atoms with Crippen molar-refractivity contribution in [2.45, 2.75) is 20.4 Å². The monoisotopic (exact) mass is 185 g/mol. The molecule has 0 spiro atoms. The molecule has 0 amide bonds. The molecular formula is C9H12ClNO. The number of nitrogens with zero attached hydrogens (tertiary/aromatic N) is 1. The van der Waals surface area contributed by atoms with E-state index >= 15 is 0 Å². The molecule has 0 fully saturated rings. The summed E-state index contributed by atoms with van der Waals surface area (Å²) in [5, 5.41) is 0. The van der Waals surface area contributed by atoms with Crippen molar-refractivity contribution in [1.82, 2.24) is 0 Å². The van der Waals surface area contributed by atoms with Gasteiger partial charge in [-0.3, -0.25) is 4.79 Å². The van der Waals surface area contributed by atoms with Gasteiger partial charge in [0.05, 0.1) is 0 Å². The van der Waals surface area contributed by atoms with Crippen LogP contribution < -0.4 is 17.0 Å². The highest BCUT2D eigenvalue weighted by molar-refractivity contribution is 5.73. The normalized spacial score (nSPS) is 8.83. The number of pyridine rings is 1. The van der Waals surface area contributed by atoms with Gasteiger partial charge in [-0.1, -0.05) is 0 Å². The number of carbonyl (C=O) groups excluding carboxylic acids is 1. The SMILES string of the molecule is CC(=O)C[n+]1ccc(C)cc1.[Cl-]. The van der Waals surface area contributed by atoms with Crippen LogP contribution in [-0.4, -0.2) is 5.78 Å². The highest BCUT2D eigenvalue weighted by Crippen LogP contribution is 1.89. The number of aryl methyl sites for hydroxylation is 1. The number of aromatic nitrogens is 1. The Balaban J connectivity index is 0.00000121. The zero-order valence-corrected chi connectivity index (χ0v) is 8.01. The second-order valence-corrected chi connectivity index (χ2v) is 2.75. The molecule has 0 aromatic carbocycles. The molecule has 0 aliphatic carbocycles. The van der Waals surface area contributed by atoms with Crippen LogP contribution in [0.15, 0.2) is 24.5 Å². The predicted molar refractivity (Wildman–Crippen MR) is 42.1 cm³/mol. The summed E-state index contributed by atoms with van der Waals surface area (Å²) < 4.78 is 1.87. The van der Waals surface area contributed by atoms with E-state index in [1.165, 1.54) is 5.56 Å². The molecule has 0 radical (unpaired) electrons. The molecule has 3 heteroatoms. The van der Waals surface area contributed by atoms with Crippen molar-refractivity contribution in [3.63, 3.8) is 0 Å². The summed E-state index contributed by atoms with van der Waals surface area (Å²) >= 11 is 0. The van der Waals surface area contributed by atoms with Crippen molar-refractivity contribution < 1.29 is 21.8 Å². The minimum Gasteiger partial charge on any atom is -1.00 e. The van der Waals surface area contributed by atoms with Crippen molar-refractivity contribution in [3.8, 4) is 0 Å². The second-order valence-electron chi connectivity index (χ2n) is 2.75. The fraction of sp³-hybridized carbons (Fsp3) is 0.333. The zero-order chi connectivity index (χ0) is 8.27. The molecule has 0 atom stereocenters. The molecule has 0 unspecified atom stereocenters. The minimum atomic E-state index is 0. The first-order valence-electron chi connectivity index (χ1n) is 3.63. The maximum absolute atomic E-state index is 10.7. The smallest absolute Gasteiger partial charge is 0.206 e. The van der Waals surface area contributed by atoms with Crippen LogP contribution in [0.5, 0.6) is 0 Å². The van der Waals surface area contributed by atoms with Gasteiger partial charge in [0.25, 0.3) is 0 Å². The predicted octanol–water partition coefficient (Wildman–Crippen LogP) is -2.12. The van der Waals surface area contributed by atoms with Crippen LogP contribution in [0, 0.1) is 6.92 Å². The Kier molecular flexibility index (Phi) is 4.52. The Bertz CT molecular complexity index is 256. The lowest BCUT2D eigenvalue weighted by Crippen LogP contribution is -3.00. The number of hydrogen-bond donors (Lipinski definition) is 0. The first-order chi connectivity index (χ1) is 5.18. The summed E-state index contributed by atoms with van der Waals surface area (Å²) in [5.74, 6) is 0.179. The van der Waals surface area contributed by atoms with Crippen LogP contribution in [0.25, 0.3) is 0 Å². The maximum Gasteiger partial charge on any atom is 0.206 e. The van der Waals surface area contributed by atoms with Crippen molar-refractivity contribution in [2.75, 3.05) is 0 Å². The quantitative estimate of drug-likeness (QED) is 0.483. The number of rotatable bonds is 2. The Hall–Kier alpha value is -0.890. The van der Waals surface area contributed by atoms with Gasteiger partial charge in [0.2, 0.25) is 6.54 Å². The summed E-state index contributed by atoms with van der Waals surface area (Å²) in [7, 11) is 0. The molecular weight excluding hydrogens is 174 g/mol. The van der Waals surface area contributed by atoms with E-state index in [-0.39, 0.29) is 18.2 Å². The molecule has 2 nitrogen and oxygen atoms in total. The van der Waals surface area contributed by atoms with E-state index in [1.54, 1.807) is 6.92 Å². The van der Waals surface area contributed by atoms with Gasteiger partial charge in [0.1, 0.15) is 0 Å². The third-order valence-electron chi connectivity index (χ3n) is 1.46. The van der Waals surface area contributed by atoms with Gasteiger partial charge in [-0.15, -0.1) is 0 Å². The Morgan fingerprint density at radius 3 is 2.33 bits per heavy atom. The van der Waals surface area contributed by atoms with E-state index < -0.39 is 0 Å². The van der Waals surface area contributed by atoms with E-state index in [0.29, 0.717) is 6.54 Å². The topological polar surface area (TPSA) is 20.9 Å². The maximum atomic E-state index is 10.7. The number of Topliss-reactive ketones (excluding diaryl/α,β-unsaturated/α-hetero) is 1. The number of carbonyl (C=O) groups is 1. The average Bonchev–Trinajstić information content (AvgIpc) is 1.93. The highest BCUT2D eigenvalue weighted by atomic mass is 35.5. The summed E-state index contributed by atoms with van der Waals surface area (Å²) in [6, 6.07) is 3.98. The summed E-state index contributed by atoms with van der Waals surface area (Å²) in [5.41, 5.74) is 1.21. The summed E-state index contributed by atoms with van der Waals surface area (Å²) in [6.07, 6.45) is 3.83. The van der Waals surface area contributed by atoms with Crippen LogP contribution in [-0.2, 0) is 11.3 Å². The first-order valence-corrected chi connectivity index (χ1v) is 3.63. The molecule has 12 heavy (non-hydrogen) atoms. The lowest BCUT2D eigenvalue weighted by Gasteiger charge is -1.92. The third kappa shape index (κ3) is 3.49. The molecule has 1 heterocycles. The van der Waals surface area contributed by atoms with E-state index in [4.69, 9.17) is 0 Å². The van der Waals surface area contributed by atoms with Crippen molar-refractivity contribution in [3.05, 3.63) is 30.1 Å². The Morgan fingerprint density at radius 1 is 1.42 bits per heavy atom. The van der Waals surface area contributed by atoms with Gasteiger partial charge in [-0.2, -0.15) is 4.57 Å². The Morgan fingerprint density at radius 2 is 1.92 bits per heavy atom. The minimum absolute atomic E-state index is 0. The van der Waals surface area contributed by atoms with Gasteiger partial charge in [-0.05, 0) is 12.5 Å². The first kappa shape index (κ1) is 11.1. The van der Waals surface area contributed by atoms with Gasteiger partial charge < -0.3 is 12.4 Å². The lowest BCUT2D eigenvalue weighted by atomic mass is 10.3. The number of halogens is 1. The summed E-state index contributed by atoms with van der Waals surface area (Å²) in [6.45, 7) is 4.09. The molecule has 0 saturated carbocycles. The molecule has 1 aromatic rings. The molecule has 0 N–H and O–H groups in total.